The Labute approximate surface area is 129 Å². The summed E-state index contributed by atoms with van der Waals surface area (Å²) in [5.41, 5.74) is 1.50. The van der Waals surface area contributed by atoms with E-state index >= 15 is 0 Å². The van der Waals surface area contributed by atoms with Gasteiger partial charge in [0.25, 0.3) is 0 Å². The molecule has 0 aliphatic carbocycles. The first-order chi connectivity index (χ1) is 10.1. The van der Waals surface area contributed by atoms with Crippen LogP contribution in [0.25, 0.3) is 0 Å². The number of rotatable bonds is 6. The van der Waals surface area contributed by atoms with E-state index in [9.17, 15) is 4.79 Å². The summed E-state index contributed by atoms with van der Waals surface area (Å²) < 4.78 is 2.13. The zero-order chi connectivity index (χ0) is 15.2. The first-order valence-corrected chi connectivity index (χ1v) is 7.29. The van der Waals surface area contributed by atoms with Crippen molar-refractivity contribution in [3.63, 3.8) is 0 Å². The van der Waals surface area contributed by atoms with Crippen LogP contribution in [0.1, 0.15) is 26.1 Å². The Kier molecular flexibility index (Phi) is 5.22. The summed E-state index contributed by atoms with van der Waals surface area (Å²) in [5.74, 6) is 0.845. The van der Waals surface area contributed by atoms with Crippen molar-refractivity contribution in [3.05, 3.63) is 41.4 Å². The van der Waals surface area contributed by atoms with Gasteiger partial charge in [0, 0.05) is 31.5 Å². The van der Waals surface area contributed by atoms with Crippen molar-refractivity contribution in [2.24, 2.45) is 0 Å². The molecule has 6 heteroatoms. The fraction of sp³-hybridized carbons (Fsp3) is 0.333. The lowest BCUT2D eigenvalue weighted by Gasteiger charge is -2.11. The molecule has 0 saturated carbocycles. The fourth-order valence-electron chi connectivity index (χ4n) is 2.05. The van der Waals surface area contributed by atoms with Crippen LogP contribution >= 0.6 is 11.6 Å². The molecule has 1 aromatic carbocycles. The van der Waals surface area contributed by atoms with E-state index in [0.717, 1.165) is 24.5 Å². The second kappa shape index (κ2) is 7.13. The molecule has 0 aliphatic rings. The molecule has 1 aromatic heterocycles. The Morgan fingerprint density at radius 2 is 2.24 bits per heavy atom. The number of halogens is 1. The number of benzene rings is 1. The van der Waals surface area contributed by atoms with Crippen LogP contribution < -0.4 is 10.6 Å². The number of amides is 1. The number of nitrogens with zero attached hydrogens (tertiary/aromatic N) is 2. The third kappa shape index (κ3) is 4.23. The highest BCUT2D eigenvalue weighted by Crippen LogP contribution is 2.25. The Balaban J connectivity index is 2.01. The quantitative estimate of drug-likeness (QED) is 0.858. The van der Waals surface area contributed by atoms with Gasteiger partial charge in [0.1, 0.15) is 5.82 Å². The molecule has 0 unspecified atom stereocenters. The normalized spacial score (nSPS) is 10.4. The molecule has 112 valence electrons. The highest BCUT2D eigenvalue weighted by Gasteiger charge is 2.05. The number of aromatic nitrogens is 2. The summed E-state index contributed by atoms with van der Waals surface area (Å²) in [4.78, 5) is 15.4. The molecule has 2 N–H and O–H groups in total. The lowest BCUT2D eigenvalue weighted by molar-refractivity contribution is -0.114. The molecule has 0 saturated heterocycles. The van der Waals surface area contributed by atoms with Crippen LogP contribution in [0.2, 0.25) is 5.02 Å². The Hall–Kier alpha value is -2.01. The number of hydrogen-bond acceptors (Lipinski definition) is 3. The standard InChI is InChI=1S/C15H19ClN4O/c1-3-7-20-8-6-17-15(20)10-18-12-4-5-14(13(16)9-12)19-11(2)21/h4-6,8-9,18H,3,7,10H2,1-2H3,(H,19,21). The second-order valence-electron chi connectivity index (χ2n) is 4.77. The minimum absolute atomic E-state index is 0.140. The van der Waals surface area contributed by atoms with Gasteiger partial charge in [-0.05, 0) is 24.6 Å². The zero-order valence-electron chi connectivity index (χ0n) is 12.2. The molecule has 1 amide bonds. The molecule has 0 spiro atoms. The SMILES string of the molecule is CCCn1ccnc1CNc1ccc(NC(C)=O)c(Cl)c1. The summed E-state index contributed by atoms with van der Waals surface area (Å²) in [6, 6.07) is 5.45. The number of anilines is 2. The van der Waals surface area contributed by atoms with E-state index in [4.69, 9.17) is 11.6 Å². The minimum Gasteiger partial charge on any atom is -0.378 e. The van der Waals surface area contributed by atoms with Crippen molar-refractivity contribution < 1.29 is 4.79 Å². The molecule has 0 atom stereocenters. The summed E-state index contributed by atoms with van der Waals surface area (Å²) in [6.07, 6.45) is 4.85. The van der Waals surface area contributed by atoms with Gasteiger partial charge < -0.3 is 15.2 Å². The largest absolute Gasteiger partial charge is 0.378 e. The van der Waals surface area contributed by atoms with Gasteiger partial charge in [-0.25, -0.2) is 4.98 Å². The van der Waals surface area contributed by atoms with Gasteiger partial charge in [-0.1, -0.05) is 18.5 Å². The average molecular weight is 307 g/mol. The van der Waals surface area contributed by atoms with Crippen LogP contribution in [-0.2, 0) is 17.9 Å². The summed E-state index contributed by atoms with van der Waals surface area (Å²) in [6.45, 7) is 5.18. The van der Waals surface area contributed by atoms with E-state index in [-0.39, 0.29) is 5.91 Å². The number of aryl methyl sites for hydroxylation is 1. The Morgan fingerprint density at radius 3 is 2.90 bits per heavy atom. The minimum atomic E-state index is -0.140. The van der Waals surface area contributed by atoms with Crippen molar-refractivity contribution in [1.82, 2.24) is 9.55 Å². The number of nitrogens with one attached hydrogen (secondary N) is 2. The van der Waals surface area contributed by atoms with Gasteiger partial charge in [-0.2, -0.15) is 0 Å². The van der Waals surface area contributed by atoms with Gasteiger partial charge in [0.2, 0.25) is 5.91 Å². The maximum Gasteiger partial charge on any atom is 0.221 e. The van der Waals surface area contributed by atoms with Crippen molar-refractivity contribution in [1.29, 1.82) is 0 Å². The van der Waals surface area contributed by atoms with Gasteiger partial charge >= 0.3 is 0 Å². The van der Waals surface area contributed by atoms with Crippen LogP contribution in [0.3, 0.4) is 0 Å². The van der Waals surface area contributed by atoms with Gasteiger partial charge in [0.05, 0.1) is 17.3 Å². The van der Waals surface area contributed by atoms with Crippen molar-refractivity contribution in [3.8, 4) is 0 Å². The topological polar surface area (TPSA) is 59.0 Å². The molecule has 0 bridgehead atoms. The third-order valence-corrected chi connectivity index (χ3v) is 3.31. The predicted octanol–water partition coefficient (Wildman–Crippen LogP) is 3.52. The van der Waals surface area contributed by atoms with Crippen LogP contribution in [0, 0.1) is 0 Å². The van der Waals surface area contributed by atoms with Crippen LogP contribution in [0.4, 0.5) is 11.4 Å². The highest BCUT2D eigenvalue weighted by molar-refractivity contribution is 6.34. The molecule has 0 aliphatic heterocycles. The number of carbonyl (C=O) groups excluding carboxylic acids is 1. The molecule has 5 nitrogen and oxygen atoms in total. The van der Waals surface area contributed by atoms with Crippen LogP contribution in [0.15, 0.2) is 30.6 Å². The van der Waals surface area contributed by atoms with E-state index in [2.05, 4.69) is 27.1 Å². The van der Waals surface area contributed by atoms with Gasteiger partial charge in [-0.15, -0.1) is 0 Å². The van der Waals surface area contributed by atoms with Crippen LogP contribution in [0.5, 0.6) is 0 Å². The monoisotopic (exact) mass is 306 g/mol. The first-order valence-electron chi connectivity index (χ1n) is 6.91. The fourth-order valence-corrected chi connectivity index (χ4v) is 2.28. The Morgan fingerprint density at radius 1 is 1.43 bits per heavy atom. The first kappa shape index (κ1) is 15.4. The van der Waals surface area contributed by atoms with E-state index in [1.165, 1.54) is 6.92 Å². The lowest BCUT2D eigenvalue weighted by atomic mass is 10.2. The highest BCUT2D eigenvalue weighted by atomic mass is 35.5. The maximum absolute atomic E-state index is 11.0. The molecule has 2 aromatic rings. The number of carbonyl (C=O) groups is 1. The van der Waals surface area contributed by atoms with Crippen LogP contribution in [-0.4, -0.2) is 15.5 Å². The van der Waals surface area contributed by atoms with Crippen molar-refractivity contribution >= 4 is 28.9 Å². The zero-order valence-corrected chi connectivity index (χ0v) is 12.9. The summed E-state index contributed by atoms with van der Waals surface area (Å²) in [7, 11) is 0. The number of imidazole rings is 1. The summed E-state index contributed by atoms with van der Waals surface area (Å²) in [5, 5.41) is 6.47. The maximum atomic E-state index is 11.0. The van der Waals surface area contributed by atoms with Gasteiger partial charge in [-0.3, -0.25) is 4.79 Å². The third-order valence-electron chi connectivity index (χ3n) is 3.00. The second-order valence-corrected chi connectivity index (χ2v) is 5.17. The number of hydrogen-bond donors (Lipinski definition) is 2. The smallest absolute Gasteiger partial charge is 0.221 e. The summed E-state index contributed by atoms with van der Waals surface area (Å²) >= 11 is 6.14. The van der Waals surface area contributed by atoms with E-state index in [1.54, 1.807) is 18.3 Å². The average Bonchev–Trinajstić information content (AvgIpc) is 2.87. The van der Waals surface area contributed by atoms with Crippen molar-refractivity contribution in [2.75, 3.05) is 10.6 Å². The molecule has 0 radical (unpaired) electrons. The van der Waals surface area contributed by atoms with Crippen molar-refractivity contribution in [2.45, 2.75) is 33.4 Å². The molecular formula is C15H19ClN4O. The Bertz CT molecular complexity index is 624. The van der Waals surface area contributed by atoms with E-state index in [0.29, 0.717) is 17.3 Å². The van der Waals surface area contributed by atoms with Gasteiger partial charge in [0.15, 0.2) is 0 Å². The molecular weight excluding hydrogens is 288 g/mol. The van der Waals surface area contributed by atoms with E-state index < -0.39 is 0 Å². The lowest BCUT2D eigenvalue weighted by Crippen LogP contribution is -2.09. The molecule has 0 fully saturated rings. The molecule has 1 heterocycles. The predicted molar refractivity (Wildman–Crippen MR) is 85.6 cm³/mol. The van der Waals surface area contributed by atoms with E-state index in [1.807, 2.05) is 12.3 Å². The molecule has 21 heavy (non-hydrogen) atoms. The molecule has 2 rings (SSSR count).